The van der Waals surface area contributed by atoms with Crippen LogP contribution in [0.2, 0.25) is 0 Å². The van der Waals surface area contributed by atoms with Gasteiger partial charge in [-0.3, -0.25) is 4.79 Å². The molecule has 128 valence electrons. The molecule has 4 rings (SSSR count). The van der Waals surface area contributed by atoms with E-state index in [-0.39, 0.29) is 5.91 Å². The van der Waals surface area contributed by atoms with Gasteiger partial charge in [-0.1, -0.05) is 18.2 Å². The molecule has 0 N–H and O–H groups in total. The first kappa shape index (κ1) is 16.5. The van der Waals surface area contributed by atoms with Crippen LogP contribution in [0.5, 0.6) is 0 Å². The predicted molar refractivity (Wildman–Crippen MR) is 104 cm³/mol. The topological polar surface area (TPSA) is 37.6 Å². The summed E-state index contributed by atoms with van der Waals surface area (Å²) in [5.74, 6) is 2.96. The zero-order valence-electron chi connectivity index (χ0n) is 13.8. The number of aromatic nitrogens is 2. The lowest BCUT2D eigenvalue weighted by molar-refractivity contribution is 0.0769. The number of nitrogens with zero attached hydrogens (tertiary/aromatic N) is 3. The number of carbonyl (C=O) groups excluding carboxylic acids is 1. The molecule has 0 unspecified atom stereocenters. The first-order valence-corrected chi connectivity index (χ1v) is 10.5. The Morgan fingerprint density at radius 3 is 2.76 bits per heavy atom. The number of pyridine rings is 1. The summed E-state index contributed by atoms with van der Waals surface area (Å²) < 4.78 is 2.03. The van der Waals surface area contributed by atoms with Gasteiger partial charge in [-0.15, -0.1) is 11.8 Å². The van der Waals surface area contributed by atoms with E-state index >= 15 is 0 Å². The maximum Gasteiger partial charge on any atom is 0.255 e. The van der Waals surface area contributed by atoms with Crippen molar-refractivity contribution >= 4 is 35.1 Å². The van der Waals surface area contributed by atoms with E-state index in [1.165, 1.54) is 0 Å². The molecule has 1 aliphatic heterocycles. The summed E-state index contributed by atoms with van der Waals surface area (Å²) in [5, 5.41) is 0. The van der Waals surface area contributed by atoms with Crippen molar-refractivity contribution in [2.24, 2.45) is 0 Å². The maximum atomic E-state index is 12.9. The van der Waals surface area contributed by atoms with E-state index in [2.05, 4.69) is 11.2 Å². The Balaban J connectivity index is 1.51. The Morgan fingerprint density at radius 1 is 1.12 bits per heavy atom. The van der Waals surface area contributed by atoms with Crippen molar-refractivity contribution < 1.29 is 4.79 Å². The molecule has 25 heavy (non-hydrogen) atoms. The van der Waals surface area contributed by atoms with Gasteiger partial charge < -0.3 is 9.30 Å². The van der Waals surface area contributed by atoms with Crippen LogP contribution >= 0.6 is 23.5 Å². The van der Waals surface area contributed by atoms with Gasteiger partial charge in [0, 0.05) is 47.6 Å². The highest BCUT2D eigenvalue weighted by atomic mass is 32.2. The van der Waals surface area contributed by atoms with Crippen LogP contribution in [0.25, 0.3) is 5.65 Å². The lowest BCUT2D eigenvalue weighted by atomic mass is 10.2. The third-order valence-electron chi connectivity index (χ3n) is 4.21. The lowest BCUT2D eigenvalue weighted by Gasteiger charge is -2.27. The molecule has 4 nitrogen and oxygen atoms in total. The van der Waals surface area contributed by atoms with Gasteiger partial charge in [0.2, 0.25) is 0 Å². The second-order valence-electron chi connectivity index (χ2n) is 5.89. The van der Waals surface area contributed by atoms with Crippen LogP contribution in [-0.2, 0) is 5.75 Å². The fourth-order valence-corrected chi connectivity index (χ4v) is 4.75. The van der Waals surface area contributed by atoms with Gasteiger partial charge in [-0.05, 0) is 24.3 Å². The third-order valence-corrected chi connectivity index (χ3v) is 6.25. The van der Waals surface area contributed by atoms with Crippen molar-refractivity contribution in [1.29, 1.82) is 0 Å². The van der Waals surface area contributed by atoms with Crippen molar-refractivity contribution in [3.8, 4) is 0 Å². The highest BCUT2D eigenvalue weighted by Gasteiger charge is 2.20. The van der Waals surface area contributed by atoms with E-state index in [0.717, 1.165) is 52.1 Å². The summed E-state index contributed by atoms with van der Waals surface area (Å²) >= 11 is 3.59. The zero-order chi connectivity index (χ0) is 17.1. The highest BCUT2D eigenvalue weighted by molar-refractivity contribution is 7.99. The second-order valence-corrected chi connectivity index (χ2v) is 8.13. The predicted octanol–water partition coefficient (Wildman–Crippen LogP) is 3.82. The van der Waals surface area contributed by atoms with Crippen LogP contribution in [0, 0.1) is 0 Å². The first-order chi connectivity index (χ1) is 12.3. The molecule has 1 aromatic carbocycles. The van der Waals surface area contributed by atoms with Gasteiger partial charge in [0.05, 0.1) is 11.3 Å². The number of fused-ring (bicyclic) bond motifs is 1. The quantitative estimate of drug-likeness (QED) is 0.655. The van der Waals surface area contributed by atoms with E-state index < -0.39 is 0 Å². The molecular weight excluding hydrogens is 350 g/mol. The number of amides is 1. The molecule has 1 fully saturated rings. The molecule has 1 amide bonds. The number of hydrogen-bond donors (Lipinski definition) is 0. The SMILES string of the molecule is O=C(c1ccccc1SCc1cn2ccccc2n1)N1CCSCC1. The molecular formula is C19H19N3OS2. The van der Waals surface area contributed by atoms with E-state index in [4.69, 9.17) is 0 Å². The Labute approximate surface area is 155 Å². The van der Waals surface area contributed by atoms with Crippen molar-refractivity contribution in [1.82, 2.24) is 14.3 Å². The number of hydrogen-bond acceptors (Lipinski definition) is 4. The smallest absolute Gasteiger partial charge is 0.255 e. The van der Waals surface area contributed by atoms with Crippen LogP contribution in [0.1, 0.15) is 16.1 Å². The Bertz CT molecular complexity index is 854. The van der Waals surface area contributed by atoms with E-state index in [0.29, 0.717) is 0 Å². The molecule has 0 bridgehead atoms. The van der Waals surface area contributed by atoms with Crippen LogP contribution in [0.4, 0.5) is 0 Å². The van der Waals surface area contributed by atoms with Crippen LogP contribution in [-0.4, -0.2) is 44.8 Å². The molecule has 2 aromatic heterocycles. The van der Waals surface area contributed by atoms with Crippen molar-refractivity contribution in [2.75, 3.05) is 24.6 Å². The van der Waals surface area contributed by atoms with Crippen LogP contribution in [0.3, 0.4) is 0 Å². The van der Waals surface area contributed by atoms with Crippen LogP contribution in [0.15, 0.2) is 59.8 Å². The van der Waals surface area contributed by atoms with Crippen molar-refractivity contribution in [3.63, 3.8) is 0 Å². The zero-order valence-corrected chi connectivity index (χ0v) is 15.4. The van der Waals surface area contributed by atoms with Crippen molar-refractivity contribution in [2.45, 2.75) is 10.6 Å². The monoisotopic (exact) mass is 369 g/mol. The lowest BCUT2D eigenvalue weighted by Crippen LogP contribution is -2.38. The van der Waals surface area contributed by atoms with Gasteiger partial charge in [0.25, 0.3) is 5.91 Å². The minimum atomic E-state index is 0.151. The number of carbonyl (C=O) groups is 1. The minimum Gasteiger partial charge on any atom is -0.337 e. The Kier molecular flexibility index (Phi) is 4.99. The van der Waals surface area contributed by atoms with E-state index in [1.54, 1.807) is 11.8 Å². The summed E-state index contributed by atoms with van der Waals surface area (Å²) in [4.78, 5) is 20.5. The van der Waals surface area contributed by atoms with Gasteiger partial charge in [-0.2, -0.15) is 11.8 Å². The molecule has 1 aliphatic rings. The fraction of sp³-hybridized carbons (Fsp3) is 0.263. The van der Waals surface area contributed by atoms with Gasteiger partial charge in [0.15, 0.2) is 0 Å². The first-order valence-electron chi connectivity index (χ1n) is 8.33. The average Bonchev–Trinajstić information content (AvgIpc) is 3.10. The van der Waals surface area contributed by atoms with E-state index in [1.807, 2.05) is 69.7 Å². The number of imidazole rings is 1. The molecule has 0 aliphatic carbocycles. The minimum absolute atomic E-state index is 0.151. The summed E-state index contributed by atoms with van der Waals surface area (Å²) in [6.45, 7) is 1.68. The number of thioether (sulfide) groups is 2. The van der Waals surface area contributed by atoms with E-state index in [9.17, 15) is 4.79 Å². The molecule has 0 spiro atoms. The number of rotatable bonds is 4. The number of benzene rings is 1. The van der Waals surface area contributed by atoms with Crippen molar-refractivity contribution in [3.05, 3.63) is 66.1 Å². The van der Waals surface area contributed by atoms with Crippen LogP contribution < -0.4 is 0 Å². The normalized spacial score (nSPS) is 14.8. The maximum absolute atomic E-state index is 12.9. The molecule has 1 saturated heterocycles. The molecule has 0 saturated carbocycles. The highest BCUT2D eigenvalue weighted by Crippen LogP contribution is 2.27. The second kappa shape index (κ2) is 7.54. The molecule has 3 aromatic rings. The Hall–Kier alpha value is -1.92. The summed E-state index contributed by atoms with van der Waals surface area (Å²) in [7, 11) is 0. The van der Waals surface area contributed by atoms with Gasteiger partial charge in [0.1, 0.15) is 5.65 Å². The molecule has 3 heterocycles. The Morgan fingerprint density at radius 2 is 1.92 bits per heavy atom. The third kappa shape index (κ3) is 3.70. The summed E-state index contributed by atoms with van der Waals surface area (Å²) in [6.07, 6.45) is 4.05. The molecule has 6 heteroatoms. The summed E-state index contributed by atoms with van der Waals surface area (Å²) in [5.41, 5.74) is 2.78. The average molecular weight is 370 g/mol. The molecule has 0 radical (unpaired) electrons. The van der Waals surface area contributed by atoms with Gasteiger partial charge in [-0.25, -0.2) is 4.98 Å². The van der Waals surface area contributed by atoms with Gasteiger partial charge >= 0.3 is 0 Å². The standard InChI is InChI=1S/C19H19N3OS2/c23-19(21-9-11-24-12-10-21)16-5-1-2-6-17(16)25-14-15-13-22-8-4-3-7-18(22)20-15/h1-8,13H,9-12,14H2. The fourth-order valence-electron chi connectivity index (χ4n) is 2.91. The largest absolute Gasteiger partial charge is 0.337 e. The molecule has 0 atom stereocenters. The summed E-state index contributed by atoms with van der Waals surface area (Å²) in [6, 6.07) is 13.9.